The lowest BCUT2D eigenvalue weighted by molar-refractivity contribution is 0.0713. The number of amides is 1. The van der Waals surface area contributed by atoms with Gasteiger partial charge in [0.1, 0.15) is 22.8 Å². The molecule has 1 aliphatic rings. The van der Waals surface area contributed by atoms with Gasteiger partial charge in [-0.2, -0.15) is 0 Å². The van der Waals surface area contributed by atoms with Gasteiger partial charge >= 0.3 is 0 Å². The van der Waals surface area contributed by atoms with E-state index in [1.807, 2.05) is 0 Å². The Hall–Kier alpha value is -2.54. The van der Waals surface area contributed by atoms with Gasteiger partial charge in [-0.3, -0.25) is 4.79 Å². The number of rotatable bonds is 3. The van der Waals surface area contributed by atoms with E-state index in [1.165, 1.54) is 16.5 Å². The molecule has 0 unspecified atom stereocenters. The van der Waals surface area contributed by atoms with Crippen molar-refractivity contribution in [2.24, 2.45) is 0 Å². The lowest BCUT2D eigenvalue weighted by atomic mass is 10.0. The quantitative estimate of drug-likeness (QED) is 0.737. The normalized spacial score (nSPS) is 15.3. The summed E-state index contributed by atoms with van der Waals surface area (Å²) in [7, 11) is 0. The lowest BCUT2D eigenvalue weighted by Crippen LogP contribution is -2.42. The number of carbonyl (C=O) groups excluding carboxylic acids is 1. The molecule has 27 heavy (non-hydrogen) atoms. The molecule has 5 nitrogen and oxygen atoms in total. The zero-order valence-corrected chi connectivity index (χ0v) is 16.1. The highest BCUT2D eigenvalue weighted by Gasteiger charge is 2.26. The van der Waals surface area contributed by atoms with Crippen molar-refractivity contribution in [1.82, 2.24) is 14.9 Å². The van der Waals surface area contributed by atoms with E-state index in [9.17, 15) is 9.18 Å². The van der Waals surface area contributed by atoms with Crippen LogP contribution in [0, 0.1) is 19.7 Å². The summed E-state index contributed by atoms with van der Waals surface area (Å²) >= 11 is 1.68. The molecule has 2 aromatic heterocycles. The van der Waals surface area contributed by atoms with Gasteiger partial charge in [-0.15, -0.1) is 11.3 Å². The number of aryl methyl sites for hydroxylation is 2. The Kier molecular flexibility index (Phi) is 4.78. The number of nitrogens with zero attached hydrogens (tertiary/aromatic N) is 3. The van der Waals surface area contributed by atoms with E-state index in [0.29, 0.717) is 13.1 Å². The van der Waals surface area contributed by atoms with Crippen molar-refractivity contribution in [2.45, 2.75) is 32.7 Å². The van der Waals surface area contributed by atoms with Gasteiger partial charge < -0.3 is 10.2 Å². The third kappa shape index (κ3) is 3.39. The Morgan fingerprint density at radius 1 is 1.22 bits per heavy atom. The van der Waals surface area contributed by atoms with Gasteiger partial charge in [0.25, 0.3) is 5.91 Å². The van der Waals surface area contributed by atoms with Crippen LogP contribution in [-0.2, 0) is 0 Å². The molecule has 1 amide bonds. The number of thiophene rings is 1. The molecule has 3 heterocycles. The molecule has 0 bridgehead atoms. The van der Waals surface area contributed by atoms with Crippen molar-refractivity contribution in [1.29, 1.82) is 0 Å². The van der Waals surface area contributed by atoms with Crippen LogP contribution in [0.1, 0.15) is 33.6 Å². The number of fused-ring (bicyclic) bond motifs is 1. The number of halogens is 1. The van der Waals surface area contributed by atoms with Gasteiger partial charge in [-0.1, -0.05) is 12.1 Å². The standard InChI is InChI=1S/C20H21FN4OS/c1-12-13(2)27-19-17(12)18(22-11-23-19)24-14-7-9-25(10-8-14)20(26)15-5-3-4-6-16(15)21/h3-6,11,14H,7-10H2,1-2H3,(H,22,23,24). The van der Waals surface area contributed by atoms with E-state index in [2.05, 4.69) is 29.1 Å². The number of aromatic nitrogens is 2. The van der Waals surface area contributed by atoms with Crippen molar-refractivity contribution in [3.63, 3.8) is 0 Å². The summed E-state index contributed by atoms with van der Waals surface area (Å²) in [5, 5.41) is 4.62. The molecule has 7 heteroatoms. The molecule has 0 saturated carbocycles. The van der Waals surface area contributed by atoms with Crippen LogP contribution in [0.3, 0.4) is 0 Å². The minimum atomic E-state index is -0.463. The second-order valence-electron chi connectivity index (χ2n) is 6.88. The molecule has 0 aliphatic carbocycles. The number of anilines is 1. The number of nitrogens with one attached hydrogen (secondary N) is 1. The first-order valence-corrected chi connectivity index (χ1v) is 9.87. The van der Waals surface area contributed by atoms with Crippen LogP contribution in [0.15, 0.2) is 30.6 Å². The molecule has 140 valence electrons. The number of hydrogen-bond donors (Lipinski definition) is 1. The summed E-state index contributed by atoms with van der Waals surface area (Å²) in [5.41, 5.74) is 1.36. The van der Waals surface area contributed by atoms with Gasteiger partial charge in [0, 0.05) is 24.0 Å². The predicted octanol–water partition coefficient (Wildman–Crippen LogP) is 4.16. The van der Waals surface area contributed by atoms with E-state index in [-0.39, 0.29) is 17.5 Å². The van der Waals surface area contributed by atoms with Crippen LogP contribution in [0.4, 0.5) is 10.2 Å². The van der Waals surface area contributed by atoms with Crippen LogP contribution in [0.5, 0.6) is 0 Å². The smallest absolute Gasteiger partial charge is 0.256 e. The SMILES string of the molecule is Cc1sc2ncnc(NC3CCN(C(=O)c4ccccc4F)CC3)c2c1C. The molecule has 1 fully saturated rings. The van der Waals surface area contributed by atoms with Crippen molar-refractivity contribution in [3.8, 4) is 0 Å². The van der Waals surface area contributed by atoms with Crippen molar-refractivity contribution >= 4 is 33.3 Å². The first-order chi connectivity index (χ1) is 13.0. The molecule has 0 spiro atoms. The maximum absolute atomic E-state index is 13.9. The summed E-state index contributed by atoms with van der Waals surface area (Å²) in [6, 6.07) is 6.39. The van der Waals surface area contributed by atoms with E-state index in [0.717, 1.165) is 28.9 Å². The van der Waals surface area contributed by atoms with Crippen LogP contribution in [-0.4, -0.2) is 39.9 Å². The van der Waals surface area contributed by atoms with Crippen molar-refractivity contribution in [2.75, 3.05) is 18.4 Å². The Morgan fingerprint density at radius 2 is 1.96 bits per heavy atom. The summed E-state index contributed by atoms with van der Waals surface area (Å²) < 4.78 is 13.9. The maximum Gasteiger partial charge on any atom is 0.256 e. The van der Waals surface area contributed by atoms with Gasteiger partial charge in [-0.05, 0) is 44.4 Å². The highest BCUT2D eigenvalue weighted by Crippen LogP contribution is 2.33. The van der Waals surface area contributed by atoms with E-state index in [1.54, 1.807) is 40.8 Å². The second-order valence-corrected chi connectivity index (χ2v) is 8.08. The molecule has 1 saturated heterocycles. The molecule has 0 radical (unpaired) electrons. The molecule has 1 aliphatic heterocycles. The van der Waals surface area contributed by atoms with E-state index < -0.39 is 5.82 Å². The highest BCUT2D eigenvalue weighted by molar-refractivity contribution is 7.18. The average molecular weight is 384 g/mol. The number of carbonyl (C=O) groups is 1. The topological polar surface area (TPSA) is 58.1 Å². The van der Waals surface area contributed by atoms with Gasteiger partial charge in [0.2, 0.25) is 0 Å². The Bertz CT molecular complexity index is 995. The maximum atomic E-state index is 13.9. The van der Waals surface area contributed by atoms with Gasteiger partial charge in [0.05, 0.1) is 10.9 Å². The zero-order chi connectivity index (χ0) is 19.0. The molecular weight excluding hydrogens is 363 g/mol. The fraction of sp³-hybridized carbons (Fsp3) is 0.350. The molecule has 0 atom stereocenters. The molecule has 4 rings (SSSR count). The highest BCUT2D eigenvalue weighted by atomic mass is 32.1. The fourth-order valence-electron chi connectivity index (χ4n) is 3.52. The molecule has 3 aromatic rings. The predicted molar refractivity (Wildman–Crippen MR) is 106 cm³/mol. The van der Waals surface area contributed by atoms with Crippen LogP contribution in [0.25, 0.3) is 10.2 Å². The number of piperidine rings is 1. The number of likely N-dealkylation sites (tertiary alicyclic amines) is 1. The Labute approximate surface area is 161 Å². The number of benzene rings is 1. The monoisotopic (exact) mass is 384 g/mol. The molecular formula is C20H21FN4OS. The largest absolute Gasteiger partial charge is 0.367 e. The van der Waals surface area contributed by atoms with E-state index in [4.69, 9.17) is 0 Å². The Morgan fingerprint density at radius 3 is 2.70 bits per heavy atom. The zero-order valence-electron chi connectivity index (χ0n) is 15.3. The lowest BCUT2D eigenvalue weighted by Gasteiger charge is -2.32. The molecule has 1 N–H and O–H groups in total. The first kappa shape index (κ1) is 17.9. The van der Waals surface area contributed by atoms with Crippen LogP contribution in [0.2, 0.25) is 0 Å². The minimum Gasteiger partial charge on any atom is -0.367 e. The van der Waals surface area contributed by atoms with Gasteiger partial charge in [0.15, 0.2) is 0 Å². The van der Waals surface area contributed by atoms with Crippen molar-refractivity contribution in [3.05, 3.63) is 52.4 Å². The third-order valence-electron chi connectivity index (χ3n) is 5.19. The number of hydrogen-bond acceptors (Lipinski definition) is 5. The van der Waals surface area contributed by atoms with Gasteiger partial charge in [-0.25, -0.2) is 14.4 Å². The summed E-state index contributed by atoms with van der Waals surface area (Å²) in [6.07, 6.45) is 3.19. The summed E-state index contributed by atoms with van der Waals surface area (Å²) in [5.74, 6) is 0.162. The van der Waals surface area contributed by atoms with Crippen molar-refractivity contribution < 1.29 is 9.18 Å². The van der Waals surface area contributed by atoms with E-state index >= 15 is 0 Å². The second kappa shape index (κ2) is 7.23. The van der Waals surface area contributed by atoms with Crippen LogP contribution >= 0.6 is 11.3 Å². The third-order valence-corrected chi connectivity index (χ3v) is 6.31. The fourth-order valence-corrected chi connectivity index (χ4v) is 4.51. The average Bonchev–Trinajstić information content (AvgIpc) is 2.97. The minimum absolute atomic E-state index is 0.144. The summed E-state index contributed by atoms with van der Waals surface area (Å²) in [4.78, 5) is 25.3. The Balaban J connectivity index is 1.45. The first-order valence-electron chi connectivity index (χ1n) is 9.05. The summed E-state index contributed by atoms with van der Waals surface area (Å²) in [6.45, 7) is 5.39. The molecule has 1 aromatic carbocycles. The van der Waals surface area contributed by atoms with Crippen LogP contribution < -0.4 is 5.32 Å².